The van der Waals surface area contributed by atoms with E-state index in [2.05, 4.69) is 0 Å². The lowest BCUT2D eigenvalue weighted by molar-refractivity contribution is -0.129. The van der Waals surface area contributed by atoms with Crippen molar-refractivity contribution in [2.75, 3.05) is 14.1 Å². The Bertz CT molecular complexity index is 746. The Labute approximate surface area is 114 Å². The number of rotatable bonds is 3. The van der Waals surface area contributed by atoms with Crippen LogP contribution in [0.2, 0.25) is 0 Å². The fourth-order valence-corrected chi connectivity index (χ4v) is 1.92. The second-order valence-electron chi connectivity index (χ2n) is 4.61. The van der Waals surface area contributed by atoms with Gasteiger partial charge in [0.05, 0.1) is 5.52 Å². The molecule has 0 aliphatic heterocycles. The topological polar surface area (TPSA) is 79.6 Å². The number of likely N-dealkylation sites (N-methyl/N-ethyl adjacent to an activating group) is 1. The van der Waals surface area contributed by atoms with E-state index in [1.165, 1.54) is 15.7 Å². The van der Waals surface area contributed by atoms with E-state index < -0.39 is 11.4 Å². The third-order valence-electron chi connectivity index (χ3n) is 3.02. The van der Waals surface area contributed by atoms with E-state index in [0.29, 0.717) is 10.9 Å². The third-order valence-corrected chi connectivity index (χ3v) is 3.02. The molecule has 104 valence electrons. The number of pyridine rings is 1. The summed E-state index contributed by atoms with van der Waals surface area (Å²) in [5.41, 5.74) is -0.338. The molecular weight excluding hydrogens is 260 g/mol. The van der Waals surface area contributed by atoms with E-state index in [-0.39, 0.29) is 18.0 Å². The minimum absolute atomic E-state index is 0.0198. The summed E-state index contributed by atoms with van der Waals surface area (Å²) in [5, 5.41) is 9.37. The number of hydrogen-bond donors (Lipinski definition) is 1. The first-order valence-corrected chi connectivity index (χ1v) is 5.97. The molecule has 0 fully saturated rings. The Morgan fingerprint density at radius 3 is 2.50 bits per heavy atom. The van der Waals surface area contributed by atoms with Gasteiger partial charge < -0.3 is 14.6 Å². The van der Waals surface area contributed by atoms with Crippen LogP contribution >= 0.6 is 0 Å². The Kier molecular flexibility index (Phi) is 3.56. The standard InChI is InChI=1S/C14H14N2O4/c1-15(2)12(17)8-16-7-10(14(19)20)13(18)9-5-3-4-6-11(9)16/h3-7H,8H2,1-2H3,(H,19,20). The molecule has 1 aromatic heterocycles. The van der Waals surface area contributed by atoms with Crippen LogP contribution in [-0.4, -0.2) is 40.5 Å². The molecular formula is C14H14N2O4. The van der Waals surface area contributed by atoms with Gasteiger partial charge in [-0.3, -0.25) is 9.59 Å². The molecule has 6 nitrogen and oxygen atoms in total. The molecule has 6 heteroatoms. The fraction of sp³-hybridized carbons (Fsp3) is 0.214. The van der Waals surface area contributed by atoms with E-state index >= 15 is 0 Å². The Morgan fingerprint density at radius 2 is 1.90 bits per heavy atom. The van der Waals surface area contributed by atoms with Crippen LogP contribution in [0.5, 0.6) is 0 Å². The maximum absolute atomic E-state index is 12.1. The number of carbonyl (C=O) groups excluding carboxylic acids is 1. The van der Waals surface area contributed by atoms with Gasteiger partial charge in [-0.05, 0) is 12.1 Å². The molecule has 0 aliphatic carbocycles. The van der Waals surface area contributed by atoms with E-state index in [4.69, 9.17) is 5.11 Å². The van der Waals surface area contributed by atoms with Crippen LogP contribution in [0.1, 0.15) is 10.4 Å². The first-order valence-electron chi connectivity index (χ1n) is 5.97. The van der Waals surface area contributed by atoms with Crippen LogP contribution in [0.3, 0.4) is 0 Å². The number of aromatic carboxylic acids is 1. The predicted molar refractivity (Wildman–Crippen MR) is 73.9 cm³/mol. The molecule has 0 saturated heterocycles. The molecule has 2 aromatic rings. The normalized spacial score (nSPS) is 10.5. The first-order chi connectivity index (χ1) is 9.41. The van der Waals surface area contributed by atoms with Gasteiger partial charge in [-0.1, -0.05) is 12.1 Å². The smallest absolute Gasteiger partial charge is 0.341 e. The number of amides is 1. The molecule has 1 amide bonds. The lowest BCUT2D eigenvalue weighted by Gasteiger charge is -2.15. The van der Waals surface area contributed by atoms with E-state index in [1.54, 1.807) is 38.4 Å². The lowest BCUT2D eigenvalue weighted by Crippen LogP contribution is -2.28. The summed E-state index contributed by atoms with van der Waals surface area (Å²) in [6.45, 7) is -0.0198. The zero-order valence-corrected chi connectivity index (χ0v) is 11.2. The second kappa shape index (κ2) is 5.16. The van der Waals surface area contributed by atoms with Crippen molar-refractivity contribution in [3.8, 4) is 0 Å². The summed E-state index contributed by atoms with van der Waals surface area (Å²) < 4.78 is 1.49. The molecule has 0 spiro atoms. The maximum atomic E-state index is 12.1. The van der Waals surface area contributed by atoms with Crippen molar-refractivity contribution in [3.63, 3.8) is 0 Å². The highest BCUT2D eigenvalue weighted by Crippen LogP contribution is 2.12. The molecule has 1 aromatic carbocycles. The third kappa shape index (κ3) is 2.40. The van der Waals surface area contributed by atoms with Crippen LogP contribution in [0.4, 0.5) is 0 Å². The number of carboxylic acids is 1. The highest BCUT2D eigenvalue weighted by Gasteiger charge is 2.15. The van der Waals surface area contributed by atoms with Gasteiger partial charge in [-0.15, -0.1) is 0 Å². The van der Waals surface area contributed by atoms with Crippen molar-refractivity contribution in [1.29, 1.82) is 0 Å². The van der Waals surface area contributed by atoms with Gasteiger partial charge in [0.1, 0.15) is 12.1 Å². The van der Waals surface area contributed by atoms with Gasteiger partial charge in [-0.2, -0.15) is 0 Å². The van der Waals surface area contributed by atoms with E-state index in [9.17, 15) is 14.4 Å². The molecule has 1 N–H and O–H groups in total. The maximum Gasteiger partial charge on any atom is 0.341 e. The number of para-hydroxylation sites is 1. The predicted octanol–water partition coefficient (Wildman–Crippen LogP) is 0.788. The van der Waals surface area contributed by atoms with Crippen molar-refractivity contribution in [1.82, 2.24) is 9.47 Å². The number of carbonyl (C=O) groups is 2. The molecule has 0 aliphatic rings. The molecule has 1 heterocycles. The number of benzene rings is 1. The van der Waals surface area contributed by atoms with Crippen LogP contribution in [0, 0.1) is 0 Å². The van der Waals surface area contributed by atoms with Crippen molar-refractivity contribution < 1.29 is 14.7 Å². The zero-order chi connectivity index (χ0) is 14.9. The molecule has 0 atom stereocenters. The Hall–Kier alpha value is -2.63. The summed E-state index contributed by atoms with van der Waals surface area (Å²) >= 11 is 0. The van der Waals surface area contributed by atoms with E-state index in [0.717, 1.165) is 0 Å². The van der Waals surface area contributed by atoms with Crippen LogP contribution in [0.25, 0.3) is 10.9 Å². The fourth-order valence-electron chi connectivity index (χ4n) is 1.92. The summed E-state index contributed by atoms with van der Waals surface area (Å²) in [4.78, 5) is 36.4. The number of hydrogen-bond acceptors (Lipinski definition) is 3. The SMILES string of the molecule is CN(C)C(=O)Cn1cc(C(=O)O)c(=O)c2ccccc21. The largest absolute Gasteiger partial charge is 0.477 e. The van der Waals surface area contributed by atoms with Crippen molar-refractivity contribution in [2.24, 2.45) is 0 Å². The average molecular weight is 274 g/mol. The van der Waals surface area contributed by atoms with Gasteiger partial charge in [0.2, 0.25) is 11.3 Å². The Morgan fingerprint density at radius 1 is 1.25 bits per heavy atom. The molecule has 20 heavy (non-hydrogen) atoms. The van der Waals surface area contributed by atoms with Crippen LogP contribution in [-0.2, 0) is 11.3 Å². The highest BCUT2D eigenvalue weighted by molar-refractivity contribution is 5.93. The van der Waals surface area contributed by atoms with Gasteiger partial charge in [0.15, 0.2) is 0 Å². The summed E-state index contributed by atoms with van der Waals surface area (Å²) in [5.74, 6) is -1.48. The average Bonchev–Trinajstić information content (AvgIpc) is 2.41. The number of fused-ring (bicyclic) bond motifs is 1. The molecule has 0 unspecified atom stereocenters. The van der Waals surface area contributed by atoms with Crippen molar-refractivity contribution in [3.05, 3.63) is 46.2 Å². The summed E-state index contributed by atoms with van der Waals surface area (Å²) in [6.07, 6.45) is 1.22. The first kappa shape index (κ1) is 13.8. The molecule has 0 radical (unpaired) electrons. The molecule has 2 rings (SSSR count). The highest BCUT2D eigenvalue weighted by atomic mass is 16.4. The van der Waals surface area contributed by atoms with Gasteiger partial charge >= 0.3 is 5.97 Å². The Balaban J connectivity index is 2.70. The number of aromatic nitrogens is 1. The minimum atomic E-state index is -1.30. The lowest BCUT2D eigenvalue weighted by atomic mass is 10.1. The van der Waals surface area contributed by atoms with Crippen LogP contribution in [0.15, 0.2) is 35.3 Å². The monoisotopic (exact) mass is 274 g/mol. The van der Waals surface area contributed by atoms with Gasteiger partial charge in [0.25, 0.3) is 0 Å². The molecule has 0 bridgehead atoms. The minimum Gasteiger partial charge on any atom is -0.477 e. The van der Waals surface area contributed by atoms with Crippen LogP contribution < -0.4 is 5.43 Å². The summed E-state index contributed by atoms with van der Waals surface area (Å²) in [7, 11) is 3.23. The summed E-state index contributed by atoms with van der Waals surface area (Å²) in [6, 6.07) is 6.64. The van der Waals surface area contributed by atoms with Crippen molar-refractivity contribution in [2.45, 2.75) is 6.54 Å². The van der Waals surface area contributed by atoms with E-state index in [1.807, 2.05) is 0 Å². The quantitative estimate of drug-likeness (QED) is 0.897. The number of carboxylic acid groups (broad SMARTS) is 1. The zero-order valence-electron chi connectivity index (χ0n) is 11.2. The second-order valence-corrected chi connectivity index (χ2v) is 4.61. The number of nitrogens with zero attached hydrogens (tertiary/aromatic N) is 2. The van der Waals surface area contributed by atoms with Gasteiger partial charge in [0, 0.05) is 25.7 Å². The van der Waals surface area contributed by atoms with Crippen molar-refractivity contribution >= 4 is 22.8 Å². The molecule has 0 saturated carbocycles. The van der Waals surface area contributed by atoms with Gasteiger partial charge in [-0.25, -0.2) is 4.79 Å².